The summed E-state index contributed by atoms with van der Waals surface area (Å²) in [6.45, 7) is 0.470. The summed E-state index contributed by atoms with van der Waals surface area (Å²) < 4.78 is 0. The zero-order valence-electron chi connectivity index (χ0n) is 14.9. The highest BCUT2D eigenvalue weighted by Gasteiger charge is 2.24. The molecule has 0 spiro atoms. The van der Waals surface area contributed by atoms with E-state index in [1.54, 1.807) is 18.4 Å². The Kier molecular flexibility index (Phi) is 4.77. The number of benzene rings is 1. The van der Waals surface area contributed by atoms with Crippen LogP contribution in [0.4, 0.5) is 0 Å². The Morgan fingerprint density at radius 3 is 2.93 bits per heavy atom. The normalized spacial score (nSPS) is 15.7. The van der Waals surface area contributed by atoms with E-state index in [4.69, 9.17) is 0 Å². The zero-order chi connectivity index (χ0) is 18.8. The molecule has 3 heterocycles. The first kappa shape index (κ1) is 17.5. The van der Waals surface area contributed by atoms with Gasteiger partial charge in [-0.2, -0.15) is 5.10 Å². The molecule has 1 aromatic carbocycles. The second-order valence-corrected chi connectivity index (χ2v) is 7.51. The second kappa shape index (κ2) is 7.36. The van der Waals surface area contributed by atoms with Crippen LogP contribution >= 0.6 is 11.3 Å². The molecule has 0 aliphatic carbocycles. The fourth-order valence-corrected chi connectivity index (χ4v) is 4.21. The molecule has 0 bridgehead atoms. The van der Waals surface area contributed by atoms with Gasteiger partial charge in [-0.3, -0.25) is 9.59 Å². The van der Waals surface area contributed by atoms with E-state index < -0.39 is 0 Å². The van der Waals surface area contributed by atoms with Crippen LogP contribution in [0.2, 0.25) is 0 Å². The number of hydrazone groups is 1. The van der Waals surface area contributed by atoms with E-state index in [1.807, 2.05) is 35.8 Å². The molecule has 3 aromatic rings. The number of aromatic amines is 1. The van der Waals surface area contributed by atoms with Gasteiger partial charge in [-0.15, -0.1) is 11.3 Å². The van der Waals surface area contributed by atoms with Crippen LogP contribution in [0.5, 0.6) is 0 Å². The average molecular weight is 380 g/mol. The Morgan fingerprint density at radius 1 is 1.30 bits per heavy atom. The Morgan fingerprint density at radius 2 is 2.15 bits per heavy atom. The van der Waals surface area contributed by atoms with Gasteiger partial charge in [0.2, 0.25) is 5.91 Å². The summed E-state index contributed by atoms with van der Waals surface area (Å²) in [5.41, 5.74) is 2.64. The van der Waals surface area contributed by atoms with Crippen LogP contribution in [0.25, 0.3) is 10.9 Å². The number of hydrogen-bond acceptors (Lipinski definition) is 4. The van der Waals surface area contributed by atoms with Crippen molar-refractivity contribution in [3.8, 4) is 0 Å². The quantitative estimate of drug-likeness (QED) is 0.714. The van der Waals surface area contributed by atoms with Crippen molar-refractivity contribution in [2.75, 3.05) is 13.6 Å². The highest BCUT2D eigenvalue weighted by atomic mass is 32.1. The van der Waals surface area contributed by atoms with Crippen molar-refractivity contribution in [2.24, 2.45) is 5.10 Å². The van der Waals surface area contributed by atoms with E-state index in [0.717, 1.165) is 16.5 Å². The number of para-hydroxylation sites is 1. The molecule has 1 atom stereocenters. The van der Waals surface area contributed by atoms with Crippen LogP contribution in [0.15, 0.2) is 53.1 Å². The number of aromatic nitrogens is 1. The van der Waals surface area contributed by atoms with Gasteiger partial charge in [0, 0.05) is 54.3 Å². The van der Waals surface area contributed by atoms with Crippen LogP contribution in [-0.2, 0) is 9.59 Å². The number of H-pyrrole nitrogens is 1. The summed E-state index contributed by atoms with van der Waals surface area (Å²) in [4.78, 5) is 28.6. The predicted octanol–water partition coefficient (Wildman–Crippen LogP) is 3.09. The highest BCUT2D eigenvalue weighted by Crippen LogP contribution is 2.32. The molecule has 1 aliphatic rings. The topological polar surface area (TPSA) is 77.6 Å². The molecule has 7 heteroatoms. The van der Waals surface area contributed by atoms with E-state index in [0.29, 0.717) is 25.1 Å². The minimum absolute atomic E-state index is 0.0497. The van der Waals surface area contributed by atoms with E-state index in [1.165, 1.54) is 9.89 Å². The molecule has 0 saturated carbocycles. The number of rotatable bonds is 5. The van der Waals surface area contributed by atoms with Crippen LogP contribution in [0.3, 0.4) is 0 Å². The lowest BCUT2D eigenvalue weighted by Crippen LogP contribution is -2.39. The summed E-state index contributed by atoms with van der Waals surface area (Å²) in [5, 5.41) is 11.6. The number of nitrogens with one attached hydrogen (secondary N) is 2. The molecule has 27 heavy (non-hydrogen) atoms. The van der Waals surface area contributed by atoms with Gasteiger partial charge in [0.1, 0.15) is 5.71 Å². The monoisotopic (exact) mass is 380 g/mol. The van der Waals surface area contributed by atoms with Crippen LogP contribution < -0.4 is 5.32 Å². The molecule has 138 valence electrons. The molecule has 6 nitrogen and oxygen atoms in total. The SMILES string of the molecule is CN1N=C(C(=O)NCC(c2cccs2)c2c[nH]c3ccccc23)CCC1=O. The Balaban J connectivity index is 1.57. The molecular weight excluding hydrogens is 360 g/mol. The Labute approximate surface area is 160 Å². The first-order valence-corrected chi connectivity index (χ1v) is 9.73. The number of thiophene rings is 1. The molecule has 1 aliphatic heterocycles. The Hall–Kier alpha value is -2.93. The van der Waals surface area contributed by atoms with Gasteiger partial charge >= 0.3 is 0 Å². The molecule has 2 N–H and O–H groups in total. The third-order valence-electron chi connectivity index (χ3n) is 4.82. The average Bonchev–Trinajstić information content (AvgIpc) is 3.35. The van der Waals surface area contributed by atoms with Crippen molar-refractivity contribution in [3.05, 3.63) is 58.4 Å². The van der Waals surface area contributed by atoms with E-state index in [-0.39, 0.29) is 17.7 Å². The molecule has 0 fully saturated rings. The molecule has 2 aromatic heterocycles. The van der Waals surface area contributed by atoms with Crippen molar-refractivity contribution in [1.82, 2.24) is 15.3 Å². The third-order valence-corrected chi connectivity index (χ3v) is 5.81. The van der Waals surface area contributed by atoms with Gasteiger partial charge in [-0.05, 0) is 23.1 Å². The lowest BCUT2D eigenvalue weighted by atomic mass is 9.96. The van der Waals surface area contributed by atoms with Gasteiger partial charge in [-0.25, -0.2) is 5.01 Å². The molecule has 1 unspecified atom stereocenters. The maximum absolute atomic E-state index is 12.6. The largest absolute Gasteiger partial charge is 0.361 e. The second-order valence-electron chi connectivity index (χ2n) is 6.53. The number of carbonyl (C=O) groups excluding carboxylic acids is 2. The van der Waals surface area contributed by atoms with E-state index in [2.05, 4.69) is 27.5 Å². The minimum atomic E-state index is -0.212. The molecule has 0 saturated heterocycles. The predicted molar refractivity (Wildman–Crippen MR) is 107 cm³/mol. The molecule has 2 amide bonds. The molecule has 4 rings (SSSR count). The molecular formula is C20H20N4O2S. The van der Waals surface area contributed by atoms with Crippen LogP contribution in [0.1, 0.15) is 29.2 Å². The summed E-state index contributed by atoms with van der Waals surface area (Å²) in [7, 11) is 1.58. The number of carbonyl (C=O) groups is 2. The van der Waals surface area contributed by atoms with Crippen molar-refractivity contribution >= 4 is 39.8 Å². The zero-order valence-corrected chi connectivity index (χ0v) is 15.8. The van der Waals surface area contributed by atoms with E-state index >= 15 is 0 Å². The van der Waals surface area contributed by atoms with Crippen molar-refractivity contribution in [1.29, 1.82) is 0 Å². The fraction of sp³-hybridized carbons (Fsp3) is 0.250. The minimum Gasteiger partial charge on any atom is -0.361 e. The number of amides is 2. The Bertz CT molecular complexity index is 1010. The van der Waals surface area contributed by atoms with Gasteiger partial charge in [-0.1, -0.05) is 24.3 Å². The summed E-state index contributed by atoms with van der Waals surface area (Å²) in [5.74, 6) is -0.230. The smallest absolute Gasteiger partial charge is 0.267 e. The summed E-state index contributed by atoms with van der Waals surface area (Å²) >= 11 is 1.68. The maximum atomic E-state index is 12.6. The summed E-state index contributed by atoms with van der Waals surface area (Å²) in [6, 6.07) is 12.3. The summed E-state index contributed by atoms with van der Waals surface area (Å²) in [6.07, 6.45) is 2.72. The van der Waals surface area contributed by atoms with Gasteiger partial charge in [0.05, 0.1) is 0 Å². The number of fused-ring (bicyclic) bond motifs is 1. The standard InChI is InChI=1S/C20H20N4O2S/c1-24-19(25)9-8-17(23-24)20(26)22-12-15(18-7-4-10-27-18)14-11-21-16-6-3-2-5-13(14)16/h2-7,10-11,15,21H,8-9,12H2,1H3,(H,22,26). The van der Waals surface area contributed by atoms with Gasteiger partial charge in [0.25, 0.3) is 5.91 Å². The van der Waals surface area contributed by atoms with E-state index in [9.17, 15) is 9.59 Å². The maximum Gasteiger partial charge on any atom is 0.267 e. The first-order valence-electron chi connectivity index (χ1n) is 8.85. The van der Waals surface area contributed by atoms with Crippen molar-refractivity contribution in [3.63, 3.8) is 0 Å². The first-order chi connectivity index (χ1) is 13.1. The number of hydrogen-bond donors (Lipinski definition) is 2. The third kappa shape index (κ3) is 3.50. The van der Waals surface area contributed by atoms with Crippen LogP contribution in [-0.4, -0.2) is 41.1 Å². The van der Waals surface area contributed by atoms with Crippen molar-refractivity contribution in [2.45, 2.75) is 18.8 Å². The highest BCUT2D eigenvalue weighted by molar-refractivity contribution is 7.10. The van der Waals surface area contributed by atoms with Crippen LogP contribution in [0, 0.1) is 0 Å². The lowest BCUT2D eigenvalue weighted by Gasteiger charge is -2.20. The molecule has 0 radical (unpaired) electrons. The van der Waals surface area contributed by atoms with Gasteiger partial charge in [0.15, 0.2) is 0 Å². The lowest BCUT2D eigenvalue weighted by molar-refractivity contribution is -0.130. The number of nitrogens with zero attached hydrogens (tertiary/aromatic N) is 2. The van der Waals surface area contributed by atoms with Crippen molar-refractivity contribution < 1.29 is 9.59 Å². The fourth-order valence-electron chi connectivity index (χ4n) is 3.37. The van der Waals surface area contributed by atoms with Gasteiger partial charge < -0.3 is 10.3 Å².